The Kier molecular flexibility index (Phi) is 8.21. The number of aliphatic hydroxyl groups excluding tert-OH is 1. The van der Waals surface area contributed by atoms with Gasteiger partial charge < -0.3 is 20.5 Å². The lowest BCUT2D eigenvalue weighted by atomic mass is 9.95. The summed E-state index contributed by atoms with van der Waals surface area (Å²) >= 11 is 7.75. The number of rotatable bonds is 7. The van der Waals surface area contributed by atoms with Gasteiger partial charge in [-0.2, -0.15) is 15.2 Å². The maximum atomic E-state index is 16.9. The van der Waals surface area contributed by atoms with E-state index in [-0.39, 0.29) is 61.5 Å². The monoisotopic (exact) mass is 668 g/mol. The molecular weight excluding hydrogens is 637 g/mol. The number of ether oxygens (including phenoxy) is 1. The van der Waals surface area contributed by atoms with E-state index >= 15 is 4.39 Å². The van der Waals surface area contributed by atoms with Crippen molar-refractivity contribution in [2.75, 3.05) is 43.5 Å². The van der Waals surface area contributed by atoms with Crippen molar-refractivity contribution < 1.29 is 23.0 Å². The Morgan fingerprint density at radius 2 is 2.07 bits per heavy atom. The molecule has 4 aromatic rings. The zero-order valence-electron chi connectivity index (χ0n) is 25.0. The molecule has 0 bridgehead atoms. The second kappa shape index (κ2) is 12.2. The first-order valence-corrected chi connectivity index (χ1v) is 16.6. The van der Waals surface area contributed by atoms with Crippen LogP contribution in [-0.2, 0) is 0 Å². The average Bonchev–Trinajstić information content (AvgIpc) is 3.60. The van der Waals surface area contributed by atoms with Crippen molar-refractivity contribution in [3.8, 4) is 23.2 Å². The van der Waals surface area contributed by atoms with Crippen LogP contribution in [0.2, 0.25) is 5.02 Å². The normalized spacial score (nSPS) is 21.9. The molecule has 0 radical (unpaired) electrons. The van der Waals surface area contributed by atoms with Gasteiger partial charge in [0.2, 0.25) is 0 Å². The minimum atomic E-state index is -0.941. The van der Waals surface area contributed by atoms with Gasteiger partial charge in [-0.05, 0) is 62.8 Å². The molecule has 0 amide bonds. The second-order valence-corrected chi connectivity index (χ2v) is 13.8. The highest BCUT2D eigenvalue weighted by Crippen LogP contribution is 2.46. The molecule has 8 nitrogen and oxygen atoms in total. The fourth-order valence-electron chi connectivity index (χ4n) is 7.33. The number of alkyl halides is 1. The van der Waals surface area contributed by atoms with Crippen molar-refractivity contribution in [2.24, 2.45) is 0 Å². The van der Waals surface area contributed by atoms with Crippen LogP contribution < -0.4 is 15.4 Å². The van der Waals surface area contributed by atoms with Gasteiger partial charge in [-0.1, -0.05) is 23.2 Å². The summed E-state index contributed by atoms with van der Waals surface area (Å²) in [6.07, 6.45) is 6.14. The van der Waals surface area contributed by atoms with Gasteiger partial charge in [0.25, 0.3) is 0 Å². The van der Waals surface area contributed by atoms with Crippen LogP contribution in [0.4, 0.5) is 24.0 Å². The van der Waals surface area contributed by atoms with E-state index in [4.69, 9.17) is 27.1 Å². The lowest BCUT2D eigenvalue weighted by Gasteiger charge is -2.31. The van der Waals surface area contributed by atoms with Crippen molar-refractivity contribution >= 4 is 54.7 Å². The van der Waals surface area contributed by atoms with E-state index in [1.54, 1.807) is 6.07 Å². The third-order valence-corrected chi connectivity index (χ3v) is 10.8. The van der Waals surface area contributed by atoms with Gasteiger partial charge >= 0.3 is 6.01 Å². The number of nitrogen functional groups attached to an aromatic ring is 1. The van der Waals surface area contributed by atoms with Crippen molar-refractivity contribution in [1.82, 2.24) is 14.9 Å². The van der Waals surface area contributed by atoms with E-state index < -0.39 is 23.3 Å². The van der Waals surface area contributed by atoms with Crippen molar-refractivity contribution in [1.29, 1.82) is 5.26 Å². The SMILES string of the molecule is N#Cc1c(N)sc2c(F)ccc(-c3c(Cl)cc4c(N5C=C(CCO)CCCC5)nc(OC[C@@]56CCCN5C[C@H](F)C6)nc4c3F)c12. The van der Waals surface area contributed by atoms with Gasteiger partial charge in [0.15, 0.2) is 5.82 Å². The molecule has 2 fully saturated rings. The second-order valence-electron chi connectivity index (χ2n) is 12.3. The summed E-state index contributed by atoms with van der Waals surface area (Å²) in [7, 11) is 0. The maximum absolute atomic E-state index is 16.9. The molecule has 46 heavy (non-hydrogen) atoms. The van der Waals surface area contributed by atoms with Gasteiger partial charge in [-0.3, -0.25) is 4.90 Å². The van der Waals surface area contributed by atoms with Crippen molar-refractivity contribution in [3.63, 3.8) is 0 Å². The smallest absolute Gasteiger partial charge is 0.319 e. The molecule has 13 heteroatoms. The lowest BCUT2D eigenvalue weighted by Crippen LogP contribution is -2.43. The van der Waals surface area contributed by atoms with Crippen LogP contribution in [0.25, 0.3) is 32.1 Å². The summed E-state index contributed by atoms with van der Waals surface area (Å²) in [5.74, 6) is -0.969. The maximum Gasteiger partial charge on any atom is 0.319 e. The van der Waals surface area contributed by atoms with Crippen LogP contribution in [0.5, 0.6) is 6.01 Å². The molecule has 2 atom stereocenters. The molecule has 0 spiro atoms. The van der Waals surface area contributed by atoms with Gasteiger partial charge in [0.1, 0.15) is 41.0 Å². The molecule has 3 aliphatic rings. The van der Waals surface area contributed by atoms with Gasteiger partial charge in [-0.25, -0.2) is 13.2 Å². The summed E-state index contributed by atoms with van der Waals surface area (Å²) in [5, 5.41) is 20.2. The highest BCUT2D eigenvalue weighted by Gasteiger charge is 2.49. The molecule has 3 aliphatic heterocycles. The van der Waals surface area contributed by atoms with E-state index in [2.05, 4.69) is 9.88 Å². The Morgan fingerprint density at radius 3 is 2.87 bits per heavy atom. The number of hydrogen-bond donors (Lipinski definition) is 2. The van der Waals surface area contributed by atoms with E-state index in [9.17, 15) is 19.1 Å². The van der Waals surface area contributed by atoms with Crippen LogP contribution in [-0.4, -0.2) is 64.5 Å². The number of halogens is 4. The van der Waals surface area contributed by atoms with Crippen LogP contribution in [0.1, 0.15) is 50.5 Å². The third-order valence-electron chi connectivity index (χ3n) is 9.46. The van der Waals surface area contributed by atoms with Crippen LogP contribution in [0.15, 0.2) is 30.0 Å². The predicted octanol–water partition coefficient (Wildman–Crippen LogP) is 7.11. The Morgan fingerprint density at radius 1 is 1.22 bits per heavy atom. The fraction of sp³-hybridized carbons (Fsp3) is 0.424. The number of thiophene rings is 1. The minimum absolute atomic E-state index is 0.000440. The van der Waals surface area contributed by atoms with E-state index in [1.807, 2.05) is 17.2 Å². The van der Waals surface area contributed by atoms with Gasteiger partial charge in [-0.15, -0.1) is 11.3 Å². The molecule has 0 unspecified atom stereocenters. The number of nitriles is 1. The third kappa shape index (κ3) is 5.23. The van der Waals surface area contributed by atoms with Crippen LogP contribution in [0, 0.1) is 23.0 Å². The van der Waals surface area contributed by atoms with Gasteiger partial charge in [0, 0.05) is 48.7 Å². The molecule has 7 rings (SSSR count). The number of fused-ring (bicyclic) bond motifs is 3. The van der Waals surface area contributed by atoms with E-state index in [0.717, 1.165) is 55.6 Å². The summed E-state index contributed by atoms with van der Waals surface area (Å²) in [6, 6.07) is 6.14. The zero-order valence-corrected chi connectivity index (χ0v) is 26.5. The number of aromatic nitrogens is 2. The average molecular weight is 669 g/mol. The predicted molar refractivity (Wildman–Crippen MR) is 174 cm³/mol. The number of nitrogens with zero attached hydrogens (tertiary/aromatic N) is 5. The largest absolute Gasteiger partial charge is 0.461 e. The number of hydrogen-bond acceptors (Lipinski definition) is 9. The van der Waals surface area contributed by atoms with E-state index in [0.29, 0.717) is 37.1 Å². The highest BCUT2D eigenvalue weighted by atomic mass is 35.5. The first-order chi connectivity index (χ1) is 22.2. The van der Waals surface area contributed by atoms with Crippen molar-refractivity contribution in [2.45, 2.75) is 56.7 Å². The van der Waals surface area contributed by atoms with Crippen LogP contribution >= 0.6 is 22.9 Å². The Hall–Kier alpha value is -3.63. The topological polar surface area (TPSA) is 112 Å². The molecular formula is C33H32ClF3N6O2S. The number of anilines is 2. The van der Waals surface area contributed by atoms with Crippen LogP contribution in [0.3, 0.4) is 0 Å². The summed E-state index contributed by atoms with van der Waals surface area (Å²) in [6.45, 7) is 1.89. The van der Waals surface area contributed by atoms with Gasteiger partial charge in [0.05, 0.1) is 20.8 Å². The molecule has 2 saturated heterocycles. The first kappa shape index (κ1) is 31.0. The quantitative estimate of drug-likeness (QED) is 0.214. The molecule has 2 aromatic heterocycles. The lowest BCUT2D eigenvalue weighted by molar-refractivity contribution is 0.107. The fourth-order valence-corrected chi connectivity index (χ4v) is 8.57. The molecule has 5 heterocycles. The Bertz CT molecular complexity index is 1930. The molecule has 0 saturated carbocycles. The van der Waals surface area contributed by atoms with E-state index in [1.165, 1.54) is 12.1 Å². The standard InChI is InChI=1S/C33H32ClF3N6O2S/c34-23-12-21-28(27(37)26(23)20-5-6-24(36)29-25(20)22(14-38)30(39)46-29)40-32(45-17-33-8-3-10-43(33)16-19(35)13-33)41-31(21)42-9-2-1-4-18(15-42)7-11-44/h5-6,12,15,19,44H,1-4,7-11,13,16-17,39H2/t19-,33+/m1/s1. The Balaban J connectivity index is 1.41. The molecule has 0 aliphatic carbocycles. The summed E-state index contributed by atoms with van der Waals surface area (Å²) < 4.78 is 52.6. The minimum Gasteiger partial charge on any atom is -0.461 e. The highest BCUT2D eigenvalue weighted by molar-refractivity contribution is 7.23. The first-order valence-electron chi connectivity index (χ1n) is 15.4. The molecule has 2 aromatic carbocycles. The van der Waals surface area contributed by atoms with Crippen molar-refractivity contribution in [3.05, 3.63) is 52.2 Å². The Labute approximate surface area is 272 Å². The summed E-state index contributed by atoms with van der Waals surface area (Å²) in [4.78, 5) is 13.4. The zero-order chi connectivity index (χ0) is 32.2. The molecule has 3 N–H and O–H groups in total. The number of aliphatic hydroxyl groups is 1. The number of nitrogens with two attached hydrogens (primary N) is 1. The summed E-state index contributed by atoms with van der Waals surface area (Å²) in [5.41, 5.74) is 6.78. The molecule has 240 valence electrons. The number of benzene rings is 2.